The Morgan fingerprint density at radius 1 is 1.22 bits per heavy atom. The molecular weight excluding hydrogens is 386 g/mol. The number of thioether (sulfide) groups is 2. The van der Waals surface area contributed by atoms with Crippen molar-refractivity contribution in [2.24, 2.45) is 0 Å². The van der Waals surface area contributed by atoms with Crippen molar-refractivity contribution in [1.82, 2.24) is 0 Å². The van der Waals surface area contributed by atoms with Crippen LogP contribution in [0.4, 0.5) is 5.69 Å². The van der Waals surface area contributed by atoms with E-state index in [1.54, 1.807) is 19.1 Å². The molecule has 27 heavy (non-hydrogen) atoms. The number of rotatable bonds is 7. The van der Waals surface area contributed by atoms with Crippen molar-refractivity contribution in [3.63, 3.8) is 0 Å². The van der Waals surface area contributed by atoms with Gasteiger partial charge in [-0.2, -0.15) is 0 Å². The van der Waals surface area contributed by atoms with E-state index < -0.39 is 17.0 Å². The average molecular weight is 405 g/mol. The van der Waals surface area contributed by atoms with Gasteiger partial charge >= 0.3 is 5.97 Å². The molecule has 1 aliphatic rings. The van der Waals surface area contributed by atoms with Gasteiger partial charge in [-0.1, -0.05) is 30.3 Å². The van der Waals surface area contributed by atoms with E-state index in [0.29, 0.717) is 15.9 Å². The lowest BCUT2D eigenvalue weighted by molar-refractivity contribution is -0.385. The first-order valence-corrected chi connectivity index (χ1v) is 10.5. The van der Waals surface area contributed by atoms with Crippen LogP contribution < -0.4 is 4.74 Å². The molecule has 6 nitrogen and oxygen atoms in total. The fraction of sp³-hybridized carbons (Fsp3) is 0.316. The van der Waals surface area contributed by atoms with E-state index in [1.807, 2.05) is 47.8 Å². The fourth-order valence-electron chi connectivity index (χ4n) is 2.67. The molecule has 0 N–H and O–H groups in total. The number of carbonyl (C=O) groups is 1. The molecule has 2 aromatic rings. The van der Waals surface area contributed by atoms with Crippen LogP contribution in [0.25, 0.3) is 0 Å². The predicted molar refractivity (Wildman–Crippen MR) is 107 cm³/mol. The molecule has 0 bridgehead atoms. The standard InChI is InChI=1S/C19H19NO5S2/c1-13(14-5-4-6-15(11-14)20(22)23)25-18(21)12-24-17-8-3-2-7-16(17)19-26-9-10-27-19/h2-8,11,13,19H,9-10,12H2,1H3/t13-/m1/s1. The largest absolute Gasteiger partial charge is 0.482 e. The van der Waals surface area contributed by atoms with Crippen LogP contribution in [0, 0.1) is 10.1 Å². The predicted octanol–water partition coefficient (Wildman–Crippen LogP) is 4.76. The van der Waals surface area contributed by atoms with E-state index in [-0.39, 0.29) is 12.3 Å². The molecule has 2 aromatic carbocycles. The molecule has 0 aliphatic carbocycles. The van der Waals surface area contributed by atoms with Crippen LogP contribution in [0.15, 0.2) is 48.5 Å². The van der Waals surface area contributed by atoms with Gasteiger partial charge in [0.25, 0.3) is 5.69 Å². The van der Waals surface area contributed by atoms with Crippen LogP contribution in [0.3, 0.4) is 0 Å². The minimum Gasteiger partial charge on any atom is -0.482 e. The first-order chi connectivity index (χ1) is 13.0. The maximum absolute atomic E-state index is 12.2. The maximum atomic E-state index is 12.2. The van der Waals surface area contributed by atoms with Crippen molar-refractivity contribution in [1.29, 1.82) is 0 Å². The Morgan fingerprint density at radius 2 is 1.96 bits per heavy atom. The van der Waals surface area contributed by atoms with Crippen molar-refractivity contribution in [3.8, 4) is 5.75 Å². The van der Waals surface area contributed by atoms with Gasteiger partial charge < -0.3 is 9.47 Å². The van der Waals surface area contributed by atoms with Gasteiger partial charge in [0.1, 0.15) is 11.9 Å². The van der Waals surface area contributed by atoms with E-state index in [4.69, 9.17) is 9.47 Å². The molecule has 1 aliphatic heterocycles. The van der Waals surface area contributed by atoms with Gasteiger partial charge in [-0.15, -0.1) is 23.5 Å². The number of esters is 1. The van der Waals surface area contributed by atoms with E-state index >= 15 is 0 Å². The minimum atomic E-state index is -0.600. The number of para-hydroxylation sites is 1. The molecule has 1 heterocycles. The highest BCUT2D eigenvalue weighted by Gasteiger charge is 2.22. The summed E-state index contributed by atoms with van der Waals surface area (Å²) in [5.74, 6) is 2.37. The first-order valence-electron chi connectivity index (χ1n) is 8.43. The highest BCUT2D eigenvalue weighted by Crippen LogP contribution is 2.48. The van der Waals surface area contributed by atoms with E-state index in [0.717, 1.165) is 17.1 Å². The second-order valence-corrected chi connectivity index (χ2v) is 8.61. The molecule has 0 radical (unpaired) electrons. The molecule has 3 rings (SSSR count). The number of nitro benzene ring substituents is 1. The number of hydrogen-bond acceptors (Lipinski definition) is 7. The van der Waals surface area contributed by atoms with Gasteiger partial charge in [0, 0.05) is 29.2 Å². The number of nitrogens with zero attached hydrogens (tertiary/aromatic N) is 1. The number of non-ortho nitro benzene ring substituents is 1. The summed E-state index contributed by atoms with van der Waals surface area (Å²) in [6, 6.07) is 13.8. The molecule has 0 aromatic heterocycles. The van der Waals surface area contributed by atoms with Gasteiger partial charge in [0.05, 0.1) is 9.51 Å². The molecular formula is C19H19NO5S2. The van der Waals surface area contributed by atoms with Crippen LogP contribution in [-0.4, -0.2) is 29.0 Å². The summed E-state index contributed by atoms with van der Waals surface area (Å²) in [5, 5.41) is 10.9. The summed E-state index contributed by atoms with van der Waals surface area (Å²) in [6.07, 6.45) is -0.600. The van der Waals surface area contributed by atoms with Gasteiger partial charge in [0.15, 0.2) is 6.61 Å². The molecule has 0 saturated carbocycles. The molecule has 1 saturated heterocycles. The monoisotopic (exact) mass is 405 g/mol. The molecule has 8 heteroatoms. The lowest BCUT2D eigenvalue weighted by atomic mass is 10.1. The topological polar surface area (TPSA) is 78.7 Å². The van der Waals surface area contributed by atoms with Crippen molar-refractivity contribution in [2.75, 3.05) is 18.1 Å². The second-order valence-electron chi connectivity index (χ2n) is 5.88. The summed E-state index contributed by atoms with van der Waals surface area (Å²) in [6.45, 7) is 1.47. The van der Waals surface area contributed by atoms with Gasteiger partial charge in [-0.3, -0.25) is 10.1 Å². The zero-order valence-electron chi connectivity index (χ0n) is 14.7. The number of hydrogen-bond donors (Lipinski definition) is 0. The van der Waals surface area contributed by atoms with Crippen molar-refractivity contribution >= 4 is 35.2 Å². The Bertz CT molecular complexity index is 823. The summed E-state index contributed by atoms with van der Waals surface area (Å²) in [4.78, 5) is 22.6. The number of benzene rings is 2. The van der Waals surface area contributed by atoms with Crippen molar-refractivity contribution < 1.29 is 19.2 Å². The summed E-state index contributed by atoms with van der Waals surface area (Å²) in [5.41, 5.74) is 1.60. The first kappa shape index (κ1) is 19.6. The molecule has 142 valence electrons. The Labute approximate surface area is 165 Å². The Morgan fingerprint density at radius 3 is 2.70 bits per heavy atom. The SMILES string of the molecule is C[C@@H](OC(=O)COc1ccccc1C1SCCS1)c1cccc([N+](=O)[O-])c1. The summed E-state index contributed by atoms with van der Waals surface area (Å²) >= 11 is 3.73. The third kappa shape index (κ3) is 5.17. The smallest absolute Gasteiger partial charge is 0.344 e. The van der Waals surface area contributed by atoms with Crippen LogP contribution in [0.1, 0.15) is 28.7 Å². The minimum absolute atomic E-state index is 0.0351. The second kappa shape index (κ2) is 9.14. The van der Waals surface area contributed by atoms with Gasteiger partial charge in [-0.05, 0) is 18.6 Å². The normalized spacial score (nSPS) is 15.3. The van der Waals surface area contributed by atoms with E-state index in [2.05, 4.69) is 0 Å². The lowest BCUT2D eigenvalue weighted by Gasteiger charge is -2.16. The summed E-state index contributed by atoms with van der Waals surface area (Å²) in [7, 11) is 0. The third-order valence-corrected chi connectivity index (χ3v) is 7.07. The zero-order chi connectivity index (χ0) is 19.2. The van der Waals surface area contributed by atoms with Crippen LogP contribution >= 0.6 is 23.5 Å². The molecule has 0 spiro atoms. The number of carbonyl (C=O) groups excluding carboxylic acids is 1. The van der Waals surface area contributed by atoms with Crippen LogP contribution in [0.5, 0.6) is 5.75 Å². The van der Waals surface area contributed by atoms with Gasteiger partial charge in [-0.25, -0.2) is 4.79 Å². The Hall–Kier alpha value is -2.19. The van der Waals surface area contributed by atoms with Crippen molar-refractivity contribution in [3.05, 3.63) is 69.8 Å². The molecule has 0 amide bonds. The van der Waals surface area contributed by atoms with E-state index in [1.165, 1.54) is 12.1 Å². The number of ether oxygens (including phenoxy) is 2. The van der Waals surface area contributed by atoms with Crippen molar-refractivity contribution in [2.45, 2.75) is 17.6 Å². The molecule has 1 atom stereocenters. The quantitative estimate of drug-likeness (QED) is 0.373. The lowest BCUT2D eigenvalue weighted by Crippen LogP contribution is -2.17. The highest BCUT2D eigenvalue weighted by atomic mass is 32.2. The van der Waals surface area contributed by atoms with Crippen LogP contribution in [0.2, 0.25) is 0 Å². The average Bonchev–Trinajstić information content (AvgIpc) is 3.21. The van der Waals surface area contributed by atoms with Crippen LogP contribution in [-0.2, 0) is 9.53 Å². The third-order valence-electron chi connectivity index (χ3n) is 4.00. The Kier molecular flexibility index (Phi) is 6.63. The Balaban J connectivity index is 1.59. The maximum Gasteiger partial charge on any atom is 0.344 e. The highest BCUT2D eigenvalue weighted by molar-refractivity contribution is 8.19. The summed E-state index contributed by atoms with van der Waals surface area (Å²) < 4.78 is 11.4. The van der Waals surface area contributed by atoms with Gasteiger partial charge in [0.2, 0.25) is 0 Å². The fourth-order valence-corrected chi connectivity index (χ4v) is 5.58. The van der Waals surface area contributed by atoms with E-state index in [9.17, 15) is 14.9 Å². The zero-order valence-corrected chi connectivity index (χ0v) is 16.3. The molecule has 1 fully saturated rings. The number of nitro groups is 1. The molecule has 0 unspecified atom stereocenters.